The lowest BCUT2D eigenvalue weighted by atomic mass is 10.3. The zero-order chi connectivity index (χ0) is 10.3. The standard InChI is InChI=1S/C7H10N2.C2H4O2/c1-3-7(2)9-5-4-8-6-9;1-2(3)4/h3-7H,1H2,2H3;1H3,(H,3,4). The number of allylic oxidation sites excluding steroid dienone is 1. The van der Waals surface area contributed by atoms with E-state index in [0.717, 1.165) is 6.92 Å². The van der Waals surface area contributed by atoms with E-state index in [2.05, 4.69) is 18.5 Å². The topological polar surface area (TPSA) is 55.1 Å². The van der Waals surface area contributed by atoms with E-state index in [9.17, 15) is 0 Å². The largest absolute Gasteiger partial charge is 0.481 e. The van der Waals surface area contributed by atoms with Gasteiger partial charge >= 0.3 is 0 Å². The van der Waals surface area contributed by atoms with Crippen LogP contribution in [0.4, 0.5) is 0 Å². The molecule has 0 aliphatic carbocycles. The molecular weight excluding hydrogens is 168 g/mol. The Balaban J connectivity index is 0.000000310. The van der Waals surface area contributed by atoms with Crippen molar-refractivity contribution in [2.45, 2.75) is 19.9 Å². The van der Waals surface area contributed by atoms with Crippen LogP contribution in [0.25, 0.3) is 0 Å². The smallest absolute Gasteiger partial charge is 0.300 e. The van der Waals surface area contributed by atoms with Crippen LogP contribution < -0.4 is 0 Å². The van der Waals surface area contributed by atoms with Gasteiger partial charge in [-0.05, 0) is 6.92 Å². The molecule has 13 heavy (non-hydrogen) atoms. The highest BCUT2D eigenvalue weighted by Gasteiger charge is 1.93. The summed E-state index contributed by atoms with van der Waals surface area (Å²) in [6.45, 7) is 6.82. The summed E-state index contributed by atoms with van der Waals surface area (Å²) < 4.78 is 1.99. The monoisotopic (exact) mass is 182 g/mol. The quantitative estimate of drug-likeness (QED) is 0.708. The number of carboxylic acid groups (broad SMARTS) is 1. The molecule has 1 atom stereocenters. The Bertz CT molecular complexity index is 251. The molecule has 4 heteroatoms. The first-order valence-electron chi connectivity index (χ1n) is 3.87. The van der Waals surface area contributed by atoms with Gasteiger partial charge in [-0.25, -0.2) is 4.98 Å². The van der Waals surface area contributed by atoms with Gasteiger partial charge in [0.1, 0.15) is 0 Å². The van der Waals surface area contributed by atoms with Crippen molar-refractivity contribution in [3.05, 3.63) is 31.4 Å². The summed E-state index contributed by atoms with van der Waals surface area (Å²) in [5, 5.41) is 7.42. The van der Waals surface area contributed by atoms with Crippen LogP contribution in [0.2, 0.25) is 0 Å². The first-order chi connectivity index (χ1) is 6.07. The molecule has 1 aromatic rings. The predicted octanol–water partition coefficient (Wildman–Crippen LogP) is 1.72. The van der Waals surface area contributed by atoms with Gasteiger partial charge < -0.3 is 9.67 Å². The minimum absolute atomic E-state index is 0.354. The molecule has 0 aliphatic rings. The van der Waals surface area contributed by atoms with E-state index in [1.54, 1.807) is 12.5 Å². The van der Waals surface area contributed by atoms with E-state index in [1.807, 2.05) is 16.8 Å². The summed E-state index contributed by atoms with van der Waals surface area (Å²) in [6, 6.07) is 0.354. The Morgan fingerprint density at radius 2 is 2.31 bits per heavy atom. The van der Waals surface area contributed by atoms with E-state index in [-0.39, 0.29) is 0 Å². The zero-order valence-electron chi connectivity index (χ0n) is 7.84. The Kier molecular flexibility index (Phi) is 5.27. The molecule has 0 spiro atoms. The molecule has 0 radical (unpaired) electrons. The lowest BCUT2D eigenvalue weighted by Gasteiger charge is -2.04. The minimum atomic E-state index is -0.833. The highest BCUT2D eigenvalue weighted by atomic mass is 16.4. The second-order valence-corrected chi connectivity index (χ2v) is 2.51. The third kappa shape index (κ3) is 5.66. The van der Waals surface area contributed by atoms with Gasteiger partial charge in [-0.3, -0.25) is 4.79 Å². The maximum atomic E-state index is 9.00. The fourth-order valence-electron chi connectivity index (χ4n) is 0.632. The number of hydrogen-bond acceptors (Lipinski definition) is 2. The minimum Gasteiger partial charge on any atom is -0.481 e. The average Bonchev–Trinajstić information content (AvgIpc) is 2.54. The van der Waals surface area contributed by atoms with Crippen molar-refractivity contribution in [2.75, 3.05) is 0 Å². The fourth-order valence-corrected chi connectivity index (χ4v) is 0.632. The highest BCUT2D eigenvalue weighted by molar-refractivity contribution is 5.62. The molecule has 0 fully saturated rings. The summed E-state index contributed by atoms with van der Waals surface area (Å²) in [7, 11) is 0. The van der Waals surface area contributed by atoms with Crippen LogP contribution in [-0.4, -0.2) is 20.6 Å². The molecule has 1 rings (SSSR count). The molecule has 0 amide bonds. The summed E-state index contributed by atoms with van der Waals surface area (Å²) >= 11 is 0. The van der Waals surface area contributed by atoms with Gasteiger partial charge in [-0.2, -0.15) is 0 Å². The van der Waals surface area contributed by atoms with Gasteiger partial charge in [-0.1, -0.05) is 6.08 Å². The van der Waals surface area contributed by atoms with Gasteiger partial charge in [0.2, 0.25) is 0 Å². The Labute approximate surface area is 77.5 Å². The number of carbonyl (C=O) groups is 1. The summed E-state index contributed by atoms with van der Waals surface area (Å²) in [5.74, 6) is -0.833. The Morgan fingerprint density at radius 3 is 2.62 bits per heavy atom. The van der Waals surface area contributed by atoms with E-state index in [4.69, 9.17) is 9.90 Å². The zero-order valence-corrected chi connectivity index (χ0v) is 7.84. The van der Waals surface area contributed by atoms with Gasteiger partial charge in [0.05, 0.1) is 6.33 Å². The number of aromatic nitrogens is 2. The molecule has 0 saturated carbocycles. The maximum Gasteiger partial charge on any atom is 0.300 e. The molecule has 0 saturated heterocycles. The van der Waals surface area contributed by atoms with Gasteiger partial charge in [0.25, 0.3) is 5.97 Å². The van der Waals surface area contributed by atoms with Crippen molar-refractivity contribution >= 4 is 5.97 Å². The fraction of sp³-hybridized carbons (Fsp3) is 0.333. The second-order valence-electron chi connectivity index (χ2n) is 2.51. The number of hydrogen-bond donors (Lipinski definition) is 1. The van der Waals surface area contributed by atoms with Crippen LogP contribution in [0.15, 0.2) is 31.4 Å². The molecule has 0 bridgehead atoms. The number of imidazole rings is 1. The predicted molar refractivity (Wildman–Crippen MR) is 50.4 cm³/mol. The Morgan fingerprint density at radius 1 is 1.77 bits per heavy atom. The van der Waals surface area contributed by atoms with Crippen LogP contribution in [0.5, 0.6) is 0 Å². The third-order valence-electron chi connectivity index (χ3n) is 1.34. The summed E-state index contributed by atoms with van der Waals surface area (Å²) in [4.78, 5) is 12.9. The Hall–Kier alpha value is -1.58. The average molecular weight is 182 g/mol. The SMILES string of the molecule is C=CC(C)n1ccnc1.CC(=O)O. The highest BCUT2D eigenvalue weighted by Crippen LogP contribution is 2.03. The van der Waals surface area contributed by atoms with Crippen LogP contribution in [-0.2, 0) is 4.79 Å². The molecule has 1 aromatic heterocycles. The van der Waals surface area contributed by atoms with Crippen molar-refractivity contribution in [2.24, 2.45) is 0 Å². The molecule has 72 valence electrons. The molecule has 0 aromatic carbocycles. The van der Waals surface area contributed by atoms with E-state index < -0.39 is 5.97 Å². The van der Waals surface area contributed by atoms with Crippen molar-refractivity contribution in [1.82, 2.24) is 9.55 Å². The first-order valence-corrected chi connectivity index (χ1v) is 3.87. The van der Waals surface area contributed by atoms with Crippen LogP contribution in [0, 0.1) is 0 Å². The second kappa shape index (κ2) is 5.99. The van der Waals surface area contributed by atoms with Gasteiger partial charge in [-0.15, -0.1) is 6.58 Å². The number of carboxylic acids is 1. The molecule has 1 unspecified atom stereocenters. The van der Waals surface area contributed by atoms with Crippen LogP contribution in [0.1, 0.15) is 19.9 Å². The normalized spacial score (nSPS) is 10.9. The van der Waals surface area contributed by atoms with E-state index >= 15 is 0 Å². The van der Waals surface area contributed by atoms with Gasteiger partial charge in [0, 0.05) is 25.4 Å². The van der Waals surface area contributed by atoms with Gasteiger partial charge in [0.15, 0.2) is 0 Å². The molecular formula is C9H14N2O2. The van der Waals surface area contributed by atoms with Crippen molar-refractivity contribution in [1.29, 1.82) is 0 Å². The van der Waals surface area contributed by atoms with Crippen LogP contribution in [0.3, 0.4) is 0 Å². The maximum absolute atomic E-state index is 9.00. The molecule has 0 aliphatic heterocycles. The molecule has 4 nitrogen and oxygen atoms in total. The van der Waals surface area contributed by atoms with Crippen molar-refractivity contribution in [3.8, 4) is 0 Å². The lowest BCUT2D eigenvalue weighted by Crippen LogP contribution is -1.96. The number of rotatable bonds is 2. The first kappa shape index (κ1) is 11.4. The summed E-state index contributed by atoms with van der Waals surface area (Å²) in [5.41, 5.74) is 0. The van der Waals surface area contributed by atoms with Crippen molar-refractivity contribution < 1.29 is 9.90 Å². The number of aliphatic carboxylic acids is 1. The van der Waals surface area contributed by atoms with Crippen molar-refractivity contribution in [3.63, 3.8) is 0 Å². The van der Waals surface area contributed by atoms with E-state index in [1.165, 1.54) is 0 Å². The van der Waals surface area contributed by atoms with Crippen LogP contribution >= 0.6 is 0 Å². The summed E-state index contributed by atoms with van der Waals surface area (Å²) in [6.07, 6.45) is 7.35. The number of nitrogens with zero attached hydrogens (tertiary/aromatic N) is 2. The lowest BCUT2D eigenvalue weighted by molar-refractivity contribution is -0.134. The molecule has 1 heterocycles. The third-order valence-corrected chi connectivity index (χ3v) is 1.34. The molecule has 1 N–H and O–H groups in total. The van der Waals surface area contributed by atoms with E-state index in [0.29, 0.717) is 6.04 Å².